The van der Waals surface area contributed by atoms with E-state index in [9.17, 15) is 0 Å². The quantitative estimate of drug-likeness (QED) is 0.706. The third-order valence-corrected chi connectivity index (χ3v) is 5.59. The summed E-state index contributed by atoms with van der Waals surface area (Å²) >= 11 is 0. The first-order valence-electron chi connectivity index (χ1n) is 9.65. The van der Waals surface area contributed by atoms with Gasteiger partial charge in [-0.3, -0.25) is 4.99 Å². The average molecular weight is 373 g/mol. The molecule has 0 unspecified atom stereocenters. The molecule has 7 nitrogen and oxygen atoms in total. The van der Waals surface area contributed by atoms with Crippen LogP contribution in [0, 0.1) is 33.6 Å². The Hall–Kier alpha value is -3.09. The molecule has 0 bridgehead atoms. The van der Waals surface area contributed by atoms with Crippen LogP contribution in [0.1, 0.15) is 28.6 Å². The fraction of sp³-hybridized carbons (Fsp3) is 0.381. The molecule has 0 spiro atoms. The number of aryl methyl sites for hydroxylation is 4. The van der Waals surface area contributed by atoms with Crippen molar-refractivity contribution in [1.29, 1.82) is 0 Å². The number of hydrogen-bond acceptors (Lipinski definition) is 6. The van der Waals surface area contributed by atoms with Gasteiger partial charge in [0, 0.05) is 37.2 Å². The van der Waals surface area contributed by atoms with Crippen LogP contribution in [-0.4, -0.2) is 43.5 Å². The second kappa shape index (κ2) is 6.22. The summed E-state index contributed by atoms with van der Waals surface area (Å²) in [6.07, 6.45) is 0.978. The molecular formula is C21H23N7. The molecule has 2 aliphatic heterocycles. The highest BCUT2D eigenvalue weighted by Crippen LogP contribution is 2.34. The lowest BCUT2D eigenvalue weighted by Crippen LogP contribution is -2.51. The van der Waals surface area contributed by atoms with Gasteiger partial charge in [0.2, 0.25) is 0 Å². The number of nitrogens with zero attached hydrogens (tertiary/aromatic N) is 7. The van der Waals surface area contributed by atoms with E-state index >= 15 is 0 Å². The number of aliphatic imine (C=N–C) groups is 1. The third kappa shape index (κ3) is 2.78. The van der Waals surface area contributed by atoms with Crippen molar-refractivity contribution in [2.24, 2.45) is 10.9 Å². The van der Waals surface area contributed by atoms with Gasteiger partial charge in [-0.15, -0.1) is 5.10 Å². The summed E-state index contributed by atoms with van der Waals surface area (Å²) in [6, 6.07) is 8.38. The molecular weight excluding hydrogens is 350 g/mol. The van der Waals surface area contributed by atoms with Crippen LogP contribution in [0.25, 0.3) is 5.82 Å². The Kier molecular flexibility index (Phi) is 3.79. The lowest BCUT2D eigenvalue weighted by Gasteiger charge is -2.40. The second-order valence-corrected chi connectivity index (χ2v) is 7.70. The first-order valence-corrected chi connectivity index (χ1v) is 9.65. The number of anilines is 1. The maximum Gasteiger partial charge on any atom is 0.161 e. The van der Waals surface area contributed by atoms with Gasteiger partial charge in [-0.25, -0.2) is 15.0 Å². The standard InChI is InChI=1S/C21H23N7/c1-12-6-5-7-18-17(12)8-19(25-18)16-10-27(11-16)20-9-21(24-13(2)23-20)28-15(4)22-14(3)26-28/h5-7,9,16H,8,10-11H2,1-4H3. The zero-order valence-corrected chi connectivity index (χ0v) is 16.6. The maximum atomic E-state index is 4.89. The van der Waals surface area contributed by atoms with Crippen LogP contribution in [0.2, 0.25) is 0 Å². The van der Waals surface area contributed by atoms with Crippen LogP contribution in [0.15, 0.2) is 29.3 Å². The first-order chi connectivity index (χ1) is 13.5. The third-order valence-electron chi connectivity index (χ3n) is 5.59. The van der Waals surface area contributed by atoms with Crippen molar-refractivity contribution < 1.29 is 0 Å². The molecule has 1 fully saturated rings. The molecule has 0 saturated carbocycles. The molecule has 0 amide bonds. The van der Waals surface area contributed by atoms with Gasteiger partial charge < -0.3 is 4.90 Å². The minimum atomic E-state index is 0.487. The topological polar surface area (TPSA) is 72.1 Å². The zero-order chi connectivity index (χ0) is 19.4. The lowest BCUT2D eigenvalue weighted by atomic mass is 9.91. The summed E-state index contributed by atoms with van der Waals surface area (Å²) in [6.45, 7) is 9.80. The predicted octanol–water partition coefficient (Wildman–Crippen LogP) is 3.06. The van der Waals surface area contributed by atoms with Gasteiger partial charge in [-0.1, -0.05) is 12.1 Å². The molecule has 1 aromatic carbocycles. The van der Waals surface area contributed by atoms with E-state index in [1.807, 2.05) is 26.8 Å². The van der Waals surface area contributed by atoms with Crippen molar-refractivity contribution in [3.8, 4) is 5.82 Å². The zero-order valence-electron chi connectivity index (χ0n) is 16.6. The molecule has 1 saturated heterocycles. The van der Waals surface area contributed by atoms with Crippen LogP contribution in [0.3, 0.4) is 0 Å². The fourth-order valence-corrected chi connectivity index (χ4v) is 4.05. The molecule has 4 heterocycles. The van der Waals surface area contributed by atoms with Crippen molar-refractivity contribution >= 4 is 17.2 Å². The van der Waals surface area contributed by atoms with E-state index in [1.165, 1.54) is 16.8 Å². The van der Waals surface area contributed by atoms with Gasteiger partial charge in [0.25, 0.3) is 0 Å². The van der Waals surface area contributed by atoms with Gasteiger partial charge >= 0.3 is 0 Å². The highest BCUT2D eigenvalue weighted by atomic mass is 15.4. The minimum absolute atomic E-state index is 0.487. The molecule has 0 radical (unpaired) electrons. The smallest absolute Gasteiger partial charge is 0.161 e. The van der Waals surface area contributed by atoms with Crippen LogP contribution in [0.4, 0.5) is 11.5 Å². The number of aromatic nitrogens is 5. The molecule has 0 atom stereocenters. The van der Waals surface area contributed by atoms with Gasteiger partial charge in [-0.05, 0) is 44.9 Å². The molecule has 0 aliphatic carbocycles. The Labute approximate surface area is 164 Å². The summed E-state index contributed by atoms with van der Waals surface area (Å²) in [5, 5.41) is 4.45. The van der Waals surface area contributed by atoms with E-state index < -0.39 is 0 Å². The van der Waals surface area contributed by atoms with E-state index in [4.69, 9.17) is 4.99 Å². The number of benzene rings is 1. The minimum Gasteiger partial charge on any atom is -0.355 e. The van der Waals surface area contributed by atoms with Crippen molar-refractivity contribution in [3.63, 3.8) is 0 Å². The average Bonchev–Trinajstić information content (AvgIpc) is 3.17. The first kappa shape index (κ1) is 17.0. The maximum absolute atomic E-state index is 4.89. The Morgan fingerprint density at radius 1 is 0.929 bits per heavy atom. The molecule has 2 aliphatic rings. The van der Waals surface area contributed by atoms with Crippen LogP contribution in [-0.2, 0) is 6.42 Å². The Morgan fingerprint density at radius 2 is 1.71 bits per heavy atom. The normalized spacial score (nSPS) is 16.1. The molecule has 7 heteroatoms. The number of fused-ring (bicyclic) bond motifs is 1. The molecule has 0 N–H and O–H groups in total. The largest absolute Gasteiger partial charge is 0.355 e. The Bertz CT molecular complexity index is 1110. The van der Waals surface area contributed by atoms with Crippen LogP contribution in [0.5, 0.6) is 0 Å². The summed E-state index contributed by atoms with van der Waals surface area (Å²) in [5.41, 5.74) is 5.16. The molecule has 2 aromatic heterocycles. The predicted molar refractivity (Wildman–Crippen MR) is 109 cm³/mol. The van der Waals surface area contributed by atoms with Crippen molar-refractivity contribution in [1.82, 2.24) is 24.7 Å². The second-order valence-electron chi connectivity index (χ2n) is 7.70. The molecule has 142 valence electrons. The van der Waals surface area contributed by atoms with Crippen molar-refractivity contribution in [2.75, 3.05) is 18.0 Å². The van der Waals surface area contributed by atoms with E-state index in [2.05, 4.69) is 50.1 Å². The number of hydrogen-bond donors (Lipinski definition) is 0. The fourth-order valence-electron chi connectivity index (χ4n) is 4.05. The highest BCUT2D eigenvalue weighted by Gasteiger charge is 2.34. The SMILES string of the molecule is Cc1nc(N2CC(C3=Nc4cccc(C)c4C3)C2)cc(-n2nc(C)nc2C)n1. The van der Waals surface area contributed by atoms with Crippen LogP contribution >= 0.6 is 0 Å². The highest BCUT2D eigenvalue weighted by molar-refractivity contribution is 5.97. The molecule has 28 heavy (non-hydrogen) atoms. The Balaban J connectivity index is 1.35. The van der Waals surface area contributed by atoms with E-state index in [0.717, 1.165) is 54.3 Å². The van der Waals surface area contributed by atoms with Crippen LogP contribution < -0.4 is 4.90 Å². The van der Waals surface area contributed by atoms with Gasteiger partial charge in [0.05, 0.1) is 5.69 Å². The van der Waals surface area contributed by atoms with Crippen molar-refractivity contribution in [3.05, 3.63) is 52.9 Å². The molecule has 5 rings (SSSR count). The van der Waals surface area contributed by atoms with Crippen molar-refractivity contribution in [2.45, 2.75) is 34.1 Å². The van der Waals surface area contributed by atoms with E-state index in [0.29, 0.717) is 5.92 Å². The van der Waals surface area contributed by atoms with Gasteiger partial charge in [0.15, 0.2) is 5.82 Å². The summed E-state index contributed by atoms with van der Waals surface area (Å²) < 4.78 is 1.78. The summed E-state index contributed by atoms with van der Waals surface area (Å²) in [5.74, 6) is 4.51. The van der Waals surface area contributed by atoms with Gasteiger partial charge in [-0.2, -0.15) is 4.68 Å². The lowest BCUT2D eigenvalue weighted by molar-refractivity contribution is 0.512. The van der Waals surface area contributed by atoms with E-state index in [-0.39, 0.29) is 0 Å². The summed E-state index contributed by atoms with van der Waals surface area (Å²) in [4.78, 5) is 20.8. The number of rotatable bonds is 3. The monoisotopic (exact) mass is 373 g/mol. The van der Waals surface area contributed by atoms with Gasteiger partial charge in [0.1, 0.15) is 23.3 Å². The Morgan fingerprint density at radius 3 is 2.43 bits per heavy atom. The summed E-state index contributed by atoms with van der Waals surface area (Å²) in [7, 11) is 0. The molecule has 3 aromatic rings. The van der Waals surface area contributed by atoms with E-state index in [1.54, 1.807) is 4.68 Å².